The van der Waals surface area contributed by atoms with Crippen LogP contribution in [0.5, 0.6) is 0 Å². The normalized spacial score (nSPS) is 10.1. The Hall–Kier alpha value is -1.92. The Morgan fingerprint density at radius 2 is 1.90 bits per heavy atom. The minimum absolute atomic E-state index is 0.134. The molecule has 0 aliphatic carbocycles. The molecule has 0 radical (unpaired) electrons. The summed E-state index contributed by atoms with van der Waals surface area (Å²) < 4.78 is 0.134. The number of amides is 1. The van der Waals surface area contributed by atoms with Crippen LogP contribution in [0.1, 0.15) is 10.4 Å². The zero-order chi connectivity index (χ0) is 14.7. The number of para-hydroxylation sites is 1. The predicted octanol–water partition coefficient (Wildman–Crippen LogP) is 4.26. The van der Waals surface area contributed by atoms with Crippen LogP contribution in [0, 0.1) is 10.1 Å². The van der Waals surface area contributed by atoms with E-state index in [0.29, 0.717) is 10.7 Å². The second kappa shape index (κ2) is 6.02. The van der Waals surface area contributed by atoms with Gasteiger partial charge in [-0.1, -0.05) is 29.8 Å². The van der Waals surface area contributed by atoms with Gasteiger partial charge in [-0.15, -0.1) is 0 Å². The first-order valence-corrected chi connectivity index (χ1v) is 6.66. The van der Waals surface area contributed by atoms with Crippen molar-refractivity contribution >= 4 is 44.8 Å². The number of carbonyl (C=O) groups excluding carboxylic acids is 1. The Morgan fingerprint density at radius 1 is 1.20 bits per heavy atom. The lowest BCUT2D eigenvalue weighted by Crippen LogP contribution is -2.13. The van der Waals surface area contributed by atoms with E-state index < -0.39 is 10.8 Å². The van der Waals surface area contributed by atoms with Crippen molar-refractivity contribution in [3.05, 3.63) is 67.6 Å². The SMILES string of the molecule is O=C(Nc1ccccc1Cl)c1cccc([N+](=O)[O-])c1Br. The van der Waals surface area contributed by atoms with E-state index in [1.54, 1.807) is 24.3 Å². The molecular weight excluding hydrogens is 348 g/mol. The third-order valence-corrected chi connectivity index (χ3v) is 3.70. The number of nitro groups is 1. The topological polar surface area (TPSA) is 72.2 Å². The fraction of sp³-hybridized carbons (Fsp3) is 0. The number of nitro benzene ring substituents is 1. The lowest BCUT2D eigenvalue weighted by atomic mass is 10.2. The molecule has 1 amide bonds. The number of rotatable bonds is 3. The number of hydrogen-bond donors (Lipinski definition) is 1. The molecular formula is C13H8BrClN2O3. The summed E-state index contributed by atoms with van der Waals surface area (Å²) in [6, 6.07) is 11.0. The van der Waals surface area contributed by atoms with E-state index in [-0.39, 0.29) is 15.7 Å². The second-order valence-electron chi connectivity index (χ2n) is 3.83. The van der Waals surface area contributed by atoms with Crippen LogP contribution >= 0.6 is 27.5 Å². The molecule has 5 nitrogen and oxygen atoms in total. The molecule has 7 heteroatoms. The summed E-state index contributed by atoms with van der Waals surface area (Å²) in [6.45, 7) is 0. The molecule has 1 N–H and O–H groups in total. The highest BCUT2D eigenvalue weighted by molar-refractivity contribution is 9.10. The predicted molar refractivity (Wildman–Crippen MR) is 80.2 cm³/mol. The average molecular weight is 356 g/mol. The Morgan fingerprint density at radius 3 is 2.55 bits per heavy atom. The standard InChI is InChI=1S/C13H8BrClN2O3/c14-12-8(4-3-7-11(12)17(19)20)13(18)16-10-6-2-1-5-9(10)15/h1-7H,(H,16,18). The number of anilines is 1. The molecule has 0 saturated heterocycles. The van der Waals surface area contributed by atoms with Crippen LogP contribution in [0.25, 0.3) is 0 Å². The van der Waals surface area contributed by atoms with Crippen LogP contribution < -0.4 is 5.32 Å². The maximum Gasteiger partial charge on any atom is 0.284 e. The molecule has 0 aromatic heterocycles. The molecule has 102 valence electrons. The molecule has 0 aliphatic heterocycles. The summed E-state index contributed by atoms with van der Waals surface area (Å²) in [6.07, 6.45) is 0. The zero-order valence-corrected chi connectivity index (χ0v) is 12.3. The minimum Gasteiger partial charge on any atom is -0.321 e. The lowest BCUT2D eigenvalue weighted by Gasteiger charge is -2.08. The zero-order valence-electron chi connectivity index (χ0n) is 9.97. The van der Waals surface area contributed by atoms with Gasteiger partial charge < -0.3 is 5.32 Å². The van der Waals surface area contributed by atoms with Crippen molar-refractivity contribution in [1.29, 1.82) is 0 Å². The highest BCUT2D eigenvalue weighted by atomic mass is 79.9. The number of carbonyl (C=O) groups is 1. The summed E-state index contributed by atoms with van der Waals surface area (Å²) in [7, 11) is 0. The van der Waals surface area contributed by atoms with Gasteiger partial charge in [0, 0.05) is 6.07 Å². The first-order chi connectivity index (χ1) is 9.50. The molecule has 0 saturated carbocycles. The highest BCUT2D eigenvalue weighted by Crippen LogP contribution is 2.29. The van der Waals surface area contributed by atoms with Gasteiger partial charge in [0.05, 0.1) is 21.2 Å². The average Bonchev–Trinajstić information content (AvgIpc) is 2.41. The second-order valence-corrected chi connectivity index (χ2v) is 5.03. The van der Waals surface area contributed by atoms with Crippen LogP contribution in [0.2, 0.25) is 5.02 Å². The van der Waals surface area contributed by atoms with Gasteiger partial charge >= 0.3 is 0 Å². The molecule has 0 heterocycles. The number of nitrogens with one attached hydrogen (secondary N) is 1. The van der Waals surface area contributed by atoms with Crippen molar-refractivity contribution in [2.45, 2.75) is 0 Å². The van der Waals surface area contributed by atoms with Crippen LogP contribution in [0.15, 0.2) is 46.9 Å². The molecule has 2 aromatic rings. The van der Waals surface area contributed by atoms with Crippen molar-refractivity contribution in [3.63, 3.8) is 0 Å². The van der Waals surface area contributed by atoms with Gasteiger partial charge in [-0.25, -0.2) is 0 Å². The number of hydrogen-bond acceptors (Lipinski definition) is 3. The first kappa shape index (κ1) is 14.5. The van der Waals surface area contributed by atoms with Crippen molar-refractivity contribution in [3.8, 4) is 0 Å². The van der Waals surface area contributed by atoms with E-state index >= 15 is 0 Å². The molecule has 0 unspecified atom stereocenters. The molecule has 2 rings (SSSR count). The van der Waals surface area contributed by atoms with Crippen LogP contribution in [0.3, 0.4) is 0 Å². The Kier molecular flexibility index (Phi) is 4.36. The maximum absolute atomic E-state index is 12.1. The third-order valence-electron chi connectivity index (χ3n) is 2.54. The summed E-state index contributed by atoms with van der Waals surface area (Å²) in [4.78, 5) is 22.4. The lowest BCUT2D eigenvalue weighted by molar-refractivity contribution is -0.385. The van der Waals surface area contributed by atoms with Crippen molar-refractivity contribution in [1.82, 2.24) is 0 Å². The quantitative estimate of drug-likeness (QED) is 0.660. The van der Waals surface area contributed by atoms with E-state index in [1.165, 1.54) is 18.2 Å². The molecule has 0 bridgehead atoms. The fourth-order valence-corrected chi connectivity index (χ4v) is 2.36. The van der Waals surface area contributed by atoms with Crippen molar-refractivity contribution < 1.29 is 9.72 Å². The van der Waals surface area contributed by atoms with Gasteiger partial charge in [0.1, 0.15) is 4.47 Å². The van der Waals surface area contributed by atoms with E-state index in [9.17, 15) is 14.9 Å². The van der Waals surface area contributed by atoms with E-state index in [1.807, 2.05) is 0 Å². The number of benzene rings is 2. The Labute approximate surface area is 127 Å². The third kappa shape index (κ3) is 2.97. The summed E-state index contributed by atoms with van der Waals surface area (Å²) in [5.74, 6) is -0.478. The van der Waals surface area contributed by atoms with Gasteiger partial charge in [0.15, 0.2) is 0 Å². The van der Waals surface area contributed by atoms with E-state index in [2.05, 4.69) is 21.2 Å². The van der Waals surface area contributed by atoms with Crippen LogP contribution in [-0.4, -0.2) is 10.8 Å². The summed E-state index contributed by atoms with van der Waals surface area (Å²) in [5.41, 5.74) is 0.438. The minimum atomic E-state index is -0.559. The molecule has 0 fully saturated rings. The van der Waals surface area contributed by atoms with Gasteiger partial charge in [0.25, 0.3) is 11.6 Å². The van der Waals surface area contributed by atoms with Crippen molar-refractivity contribution in [2.24, 2.45) is 0 Å². The molecule has 0 atom stereocenters. The Bertz CT molecular complexity index is 691. The van der Waals surface area contributed by atoms with Gasteiger partial charge in [-0.05, 0) is 34.1 Å². The highest BCUT2D eigenvalue weighted by Gasteiger charge is 2.19. The monoisotopic (exact) mass is 354 g/mol. The van der Waals surface area contributed by atoms with E-state index in [4.69, 9.17) is 11.6 Å². The van der Waals surface area contributed by atoms with E-state index in [0.717, 1.165) is 0 Å². The van der Waals surface area contributed by atoms with Gasteiger partial charge in [-0.2, -0.15) is 0 Å². The first-order valence-electron chi connectivity index (χ1n) is 5.49. The Balaban J connectivity index is 2.33. The van der Waals surface area contributed by atoms with Crippen LogP contribution in [0.4, 0.5) is 11.4 Å². The molecule has 2 aromatic carbocycles. The number of halogens is 2. The van der Waals surface area contributed by atoms with Gasteiger partial charge in [0.2, 0.25) is 0 Å². The smallest absolute Gasteiger partial charge is 0.284 e. The summed E-state index contributed by atoms with van der Waals surface area (Å²) >= 11 is 9.02. The molecule has 0 spiro atoms. The van der Waals surface area contributed by atoms with Crippen molar-refractivity contribution in [2.75, 3.05) is 5.32 Å². The largest absolute Gasteiger partial charge is 0.321 e. The number of nitrogens with zero attached hydrogens (tertiary/aromatic N) is 1. The van der Waals surface area contributed by atoms with Crippen LogP contribution in [-0.2, 0) is 0 Å². The van der Waals surface area contributed by atoms with Gasteiger partial charge in [-0.3, -0.25) is 14.9 Å². The molecule has 0 aliphatic rings. The summed E-state index contributed by atoms with van der Waals surface area (Å²) in [5, 5.41) is 13.8. The molecule has 20 heavy (non-hydrogen) atoms. The maximum atomic E-state index is 12.1. The fourth-order valence-electron chi connectivity index (χ4n) is 1.59.